The van der Waals surface area contributed by atoms with E-state index in [1.165, 1.54) is 19.2 Å². The molecule has 1 unspecified atom stereocenters. The van der Waals surface area contributed by atoms with Crippen LogP contribution in [0.2, 0.25) is 0 Å². The highest BCUT2D eigenvalue weighted by Crippen LogP contribution is 2.36. The molecule has 2 amide bonds. The van der Waals surface area contributed by atoms with Crippen molar-refractivity contribution in [3.05, 3.63) is 119 Å². The van der Waals surface area contributed by atoms with Crippen molar-refractivity contribution >= 4 is 22.7 Å². The quantitative estimate of drug-likeness (QED) is 0.167. The van der Waals surface area contributed by atoms with Gasteiger partial charge in [-0.1, -0.05) is 54.6 Å². The minimum atomic E-state index is -5.10. The van der Waals surface area contributed by atoms with Crippen LogP contribution in [0.3, 0.4) is 0 Å². The van der Waals surface area contributed by atoms with Gasteiger partial charge < -0.3 is 15.2 Å². The van der Waals surface area contributed by atoms with Crippen molar-refractivity contribution in [1.29, 1.82) is 0 Å². The molecule has 1 heterocycles. The first-order valence-electron chi connectivity index (χ1n) is 12.9. The number of aromatic amines is 1. The lowest BCUT2D eigenvalue weighted by Crippen LogP contribution is -2.38. The van der Waals surface area contributed by atoms with Crippen LogP contribution in [-0.4, -0.2) is 41.3 Å². The fourth-order valence-corrected chi connectivity index (χ4v) is 4.52. The number of nitrogens with zero attached hydrogens (tertiary/aromatic N) is 1. The molecule has 42 heavy (non-hydrogen) atoms. The number of alkyl halides is 6. The predicted octanol–water partition coefficient (Wildman–Crippen LogP) is 6.80. The monoisotopic (exact) mass is 587 g/mol. The molecule has 4 aromatic rings. The fraction of sp³-hybridized carbons (Fsp3) is 0.226. The number of hydrogen-bond acceptors (Lipinski definition) is 2. The number of rotatable bonds is 9. The van der Waals surface area contributed by atoms with E-state index >= 15 is 0 Å². The summed E-state index contributed by atoms with van der Waals surface area (Å²) in [6.45, 7) is 0.333. The molecular formula is C31H27F6N3O2. The van der Waals surface area contributed by atoms with Gasteiger partial charge in [-0.15, -0.1) is 0 Å². The van der Waals surface area contributed by atoms with E-state index in [9.17, 15) is 35.9 Å². The zero-order valence-corrected chi connectivity index (χ0v) is 22.4. The second-order valence-electron chi connectivity index (χ2n) is 9.73. The van der Waals surface area contributed by atoms with Crippen molar-refractivity contribution in [3.8, 4) is 0 Å². The number of H-pyrrole nitrogens is 1. The Morgan fingerprint density at radius 1 is 0.905 bits per heavy atom. The van der Waals surface area contributed by atoms with Crippen LogP contribution in [0.25, 0.3) is 10.9 Å². The molecular weight excluding hydrogens is 560 g/mol. The van der Waals surface area contributed by atoms with E-state index in [0.29, 0.717) is 25.1 Å². The fourth-order valence-electron chi connectivity index (χ4n) is 4.52. The van der Waals surface area contributed by atoms with E-state index in [1.807, 2.05) is 48.5 Å². The number of hydrogen-bond donors (Lipinski definition) is 2. The van der Waals surface area contributed by atoms with Gasteiger partial charge in [0.15, 0.2) is 0 Å². The highest BCUT2D eigenvalue weighted by molar-refractivity contribution is 5.95. The maximum atomic E-state index is 13.4. The van der Waals surface area contributed by atoms with Crippen LogP contribution in [0.15, 0.2) is 91.1 Å². The van der Waals surface area contributed by atoms with Gasteiger partial charge in [0.1, 0.15) is 0 Å². The average molecular weight is 588 g/mol. The number of carbonyl (C=O) groups is 2. The molecule has 0 saturated heterocycles. The molecule has 1 atom stereocenters. The molecule has 0 fully saturated rings. The van der Waals surface area contributed by atoms with Crippen molar-refractivity contribution < 1.29 is 35.9 Å². The highest BCUT2D eigenvalue weighted by Gasteiger charge is 2.38. The van der Waals surface area contributed by atoms with Gasteiger partial charge in [0.05, 0.1) is 17.2 Å². The van der Waals surface area contributed by atoms with Gasteiger partial charge in [-0.2, -0.15) is 26.3 Å². The van der Waals surface area contributed by atoms with Crippen LogP contribution in [0, 0.1) is 0 Å². The Hall–Kier alpha value is -4.54. The van der Waals surface area contributed by atoms with E-state index in [-0.39, 0.29) is 12.5 Å². The molecule has 4 rings (SSSR count). The minimum absolute atomic E-state index is 0.0279. The molecule has 1 aromatic heterocycles. The summed E-state index contributed by atoms with van der Waals surface area (Å²) in [5.74, 6) is -1.53. The third-order valence-electron chi connectivity index (χ3n) is 6.78. The van der Waals surface area contributed by atoms with Crippen LogP contribution in [-0.2, 0) is 30.0 Å². The SMILES string of the molecule is CN(C(=O)c1cc(C(F)(F)F)cc(C(F)(F)F)c1)C(C=CC(=O)NCCc1ccccc1)Cc1c[nH]c2ccccc12. The zero-order chi connectivity index (χ0) is 30.5. The Balaban J connectivity index is 1.61. The average Bonchev–Trinajstić information content (AvgIpc) is 3.36. The molecule has 0 spiro atoms. The molecule has 0 radical (unpaired) electrons. The molecule has 5 nitrogen and oxygen atoms in total. The van der Waals surface area contributed by atoms with Crippen molar-refractivity contribution in [2.75, 3.05) is 13.6 Å². The van der Waals surface area contributed by atoms with Gasteiger partial charge in [0.2, 0.25) is 5.91 Å². The number of aromatic nitrogens is 1. The molecule has 0 aliphatic heterocycles. The number of nitrogens with one attached hydrogen (secondary N) is 2. The summed E-state index contributed by atoms with van der Waals surface area (Å²) < 4.78 is 80.6. The molecule has 0 bridgehead atoms. The Morgan fingerprint density at radius 2 is 1.52 bits per heavy atom. The summed E-state index contributed by atoms with van der Waals surface area (Å²) in [6.07, 6.45) is -5.17. The lowest BCUT2D eigenvalue weighted by atomic mass is 10.0. The third kappa shape index (κ3) is 7.59. The van der Waals surface area contributed by atoms with Gasteiger partial charge in [-0.05, 0) is 48.2 Å². The summed E-state index contributed by atoms with van der Waals surface area (Å²) in [5, 5.41) is 3.56. The summed E-state index contributed by atoms with van der Waals surface area (Å²) in [6, 6.07) is 16.6. The van der Waals surface area contributed by atoms with Crippen molar-refractivity contribution in [3.63, 3.8) is 0 Å². The molecule has 220 valence electrons. The van der Waals surface area contributed by atoms with E-state index in [0.717, 1.165) is 26.9 Å². The topological polar surface area (TPSA) is 65.2 Å². The number of likely N-dealkylation sites (N-methyl/N-ethyl adjacent to an activating group) is 1. The number of carbonyl (C=O) groups excluding carboxylic acids is 2. The summed E-state index contributed by atoms with van der Waals surface area (Å²) >= 11 is 0. The number of benzene rings is 3. The van der Waals surface area contributed by atoms with E-state index in [4.69, 9.17) is 0 Å². The van der Waals surface area contributed by atoms with Gasteiger partial charge in [-0.25, -0.2) is 0 Å². The minimum Gasteiger partial charge on any atom is -0.361 e. The zero-order valence-electron chi connectivity index (χ0n) is 22.4. The van der Waals surface area contributed by atoms with E-state index in [2.05, 4.69) is 10.3 Å². The second-order valence-corrected chi connectivity index (χ2v) is 9.73. The first kappa shape index (κ1) is 30.4. The van der Waals surface area contributed by atoms with Gasteiger partial charge in [0, 0.05) is 42.3 Å². The van der Waals surface area contributed by atoms with E-state index in [1.54, 1.807) is 12.3 Å². The Morgan fingerprint density at radius 3 is 2.17 bits per heavy atom. The van der Waals surface area contributed by atoms with Crippen molar-refractivity contribution in [2.45, 2.75) is 31.2 Å². The van der Waals surface area contributed by atoms with Crippen LogP contribution in [0.4, 0.5) is 26.3 Å². The summed E-state index contributed by atoms with van der Waals surface area (Å²) in [7, 11) is 1.27. The van der Waals surface area contributed by atoms with Crippen LogP contribution >= 0.6 is 0 Å². The maximum absolute atomic E-state index is 13.4. The van der Waals surface area contributed by atoms with Crippen LogP contribution in [0.1, 0.15) is 32.6 Å². The first-order chi connectivity index (χ1) is 19.8. The molecule has 0 aliphatic carbocycles. The van der Waals surface area contributed by atoms with Gasteiger partial charge >= 0.3 is 12.4 Å². The number of amides is 2. The highest BCUT2D eigenvalue weighted by atomic mass is 19.4. The Kier molecular flexibility index (Phi) is 9.08. The van der Waals surface area contributed by atoms with Gasteiger partial charge in [0.25, 0.3) is 5.91 Å². The normalized spacial score (nSPS) is 12.9. The molecule has 2 N–H and O–H groups in total. The van der Waals surface area contributed by atoms with Gasteiger partial charge in [-0.3, -0.25) is 9.59 Å². The standard InChI is InChI=1S/C31H27F6N3O2/c1-40(29(42)21-15-23(30(32,33)34)18-24(16-21)31(35,36)37)25(17-22-19-39-27-10-6-5-9-26(22)27)11-12-28(41)38-14-13-20-7-3-2-4-8-20/h2-12,15-16,18-19,25,39H,13-14,17H2,1H3,(H,38,41). The summed E-state index contributed by atoms with van der Waals surface area (Å²) in [5.41, 5.74) is -1.39. The largest absolute Gasteiger partial charge is 0.416 e. The number of fused-ring (bicyclic) bond motifs is 1. The molecule has 3 aromatic carbocycles. The Bertz CT molecular complexity index is 1540. The maximum Gasteiger partial charge on any atom is 0.416 e. The third-order valence-corrected chi connectivity index (χ3v) is 6.78. The number of para-hydroxylation sites is 1. The molecule has 0 saturated carbocycles. The lowest BCUT2D eigenvalue weighted by Gasteiger charge is -2.27. The number of halogens is 6. The van der Waals surface area contributed by atoms with Crippen molar-refractivity contribution in [1.82, 2.24) is 15.2 Å². The smallest absolute Gasteiger partial charge is 0.361 e. The van der Waals surface area contributed by atoms with Crippen molar-refractivity contribution in [2.24, 2.45) is 0 Å². The van der Waals surface area contributed by atoms with Crippen LogP contribution < -0.4 is 5.32 Å². The Labute approximate surface area is 237 Å². The molecule has 0 aliphatic rings. The van der Waals surface area contributed by atoms with E-state index < -0.39 is 46.9 Å². The second kappa shape index (κ2) is 12.5. The first-order valence-corrected chi connectivity index (χ1v) is 12.9. The molecule has 11 heteroatoms. The summed E-state index contributed by atoms with van der Waals surface area (Å²) in [4.78, 5) is 30.1. The predicted molar refractivity (Wildman–Crippen MR) is 147 cm³/mol. The van der Waals surface area contributed by atoms with Crippen LogP contribution in [0.5, 0.6) is 0 Å². The lowest BCUT2D eigenvalue weighted by molar-refractivity contribution is -0.143.